The third-order valence-corrected chi connectivity index (χ3v) is 4.48. The summed E-state index contributed by atoms with van der Waals surface area (Å²) >= 11 is 0. The highest BCUT2D eigenvalue weighted by Gasteiger charge is 2.28. The molecule has 2 heterocycles. The Balaban J connectivity index is 1.84. The minimum absolute atomic E-state index is 0.192. The van der Waals surface area contributed by atoms with Crippen molar-refractivity contribution in [1.29, 1.82) is 0 Å². The number of para-hydroxylation sites is 1. The Morgan fingerprint density at radius 3 is 2.86 bits per heavy atom. The summed E-state index contributed by atoms with van der Waals surface area (Å²) in [5.41, 5.74) is 5.20. The fourth-order valence-corrected chi connectivity index (χ4v) is 3.51. The fourth-order valence-electron chi connectivity index (χ4n) is 3.51. The monoisotopic (exact) mass is 281 g/mol. The highest BCUT2D eigenvalue weighted by Crippen LogP contribution is 2.40. The molecule has 0 aliphatic carbocycles. The summed E-state index contributed by atoms with van der Waals surface area (Å²) in [5.74, 6) is 2.07. The Hall–Kier alpha value is -2.00. The zero-order valence-electron chi connectivity index (χ0n) is 12.2. The molecule has 0 spiro atoms. The van der Waals surface area contributed by atoms with E-state index in [1.807, 2.05) is 6.07 Å². The molecule has 1 atom stereocenters. The van der Waals surface area contributed by atoms with Crippen molar-refractivity contribution in [3.63, 3.8) is 0 Å². The lowest BCUT2D eigenvalue weighted by molar-refractivity contribution is 0.349. The van der Waals surface area contributed by atoms with Gasteiger partial charge < -0.3 is 14.8 Å². The first-order valence-electron chi connectivity index (χ1n) is 7.52. The van der Waals surface area contributed by atoms with E-state index < -0.39 is 0 Å². The Labute approximate surface area is 124 Å². The first-order chi connectivity index (χ1) is 10.4. The molecule has 0 bridgehead atoms. The third-order valence-electron chi connectivity index (χ3n) is 4.48. The molecule has 0 fully saturated rings. The van der Waals surface area contributed by atoms with Crippen LogP contribution in [0.3, 0.4) is 0 Å². The summed E-state index contributed by atoms with van der Waals surface area (Å²) in [7, 11) is 1.75. The van der Waals surface area contributed by atoms with E-state index in [9.17, 15) is 0 Å². The minimum atomic E-state index is 0.192. The van der Waals surface area contributed by atoms with Crippen LogP contribution in [0.25, 0.3) is 0 Å². The van der Waals surface area contributed by atoms with Crippen molar-refractivity contribution < 1.29 is 9.47 Å². The normalized spacial score (nSPS) is 19.6. The SMILES string of the molecule is COc1cccc2c1CCNC2c1cccc2c1OCC2. The van der Waals surface area contributed by atoms with Crippen molar-refractivity contribution >= 4 is 0 Å². The largest absolute Gasteiger partial charge is 0.496 e. The van der Waals surface area contributed by atoms with E-state index >= 15 is 0 Å². The molecule has 2 aromatic rings. The number of rotatable bonds is 2. The smallest absolute Gasteiger partial charge is 0.127 e. The number of methoxy groups -OCH3 is 1. The van der Waals surface area contributed by atoms with Crippen molar-refractivity contribution in [1.82, 2.24) is 5.32 Å². The molecule has 0 aromatic heterocycles. The van der Waals surface area contributed by atoms with Gasteiger partial charge in [0.05, 0.1) is 19.8 Å². The van der Waals surface area contributed by atoms with Gasteiger partial charge in [-0.05, 0) is 23.6 Å². The van der Waals surface area contributed by atoms with Crippen molar-refractivity contribution in [2.24, 2.45) is 0 Å². The van der Waals surface area contributed by atoms with Crippen molar-refractivity contribution in [3.05, 3.63) is 58.7 Å². The second-order valence-electron chi connectivity index (χ2n) is 5.60. The molecule has 2 aromatic carbocycles. The average Bonchev–Trinajstić information content (AvgIpc) is 3.02. The fraction of sp³-hybridized carbons (Fsp3) is 0.333. The maximum atomic E-state index is 5.88. The summed E-state index contributed by atoms with van der Waals surface area (Å²) in [6, 6.07) is 13.0. The van der Waals surface area contributed by atoms with E-state index in [2.05, 4.69) is 35.6 Å². The van der Waals surface area contributed by atoms with E-state index in [0.717, 1.165) is 37.5 Å². The Morgan fingerprint density at radius 1 is 1.10 bits per heavy atom. The Bertz CT molecular complexity index is 681. The van der Waals surface area contributed by atoms with Crippen LogP contribution in [0.15, 0.2) is 36.4 Å². The lowest BCUT2D eigenvalue weighted by Crippen LogP contribution is -2.31. The molecule has 108 valence electrons. The summed E-state index contributed by atoms with van der Waals surface area (Å²) in [5, 5.41) is 3.64. The van der Waals surface area contributed by atoms with Gasteiger partial charge in [-0.3, -0.25) is 0 Å². The van der Waals surface area contributed by atoms with Crippen LogP contribution < -0.4 is 14.8 Å². The maximum Gasteiger partial charge on any atom is 0.127 e. The second-order valence-corrected chi connectivity index (χ2v) is 5.60. The molecule has 21 heavy (non-hydrogen) atoms. The first kappa shape index (κ1) is 12.7. The van der Waals surface area contributed by atoms with E-state index in [4.69, 9.17) is 9.47 Å². The summed E-state index contributed by atoms with van der Waals surface area (Å²) in [4.78, 5) is 0. The van der Waals surface area contributed by atoms with Gasteiger partial charge in [0.15, 0.2) is 0 Å². The predicted octanol–water partition coefficient (Wildman–Crippen LogP) is 2.87. The summed E-state index contributed by atoms with van der Waals surface area (Å²) in [6.07, 6.45) is 2.02. The molecule has 2 aliphatic heterocycles. The number of hydrogen-bond donors (Lipinski definition) is 1. The van der Waals surface area contributed by atoms with E-state index in [1.54, 1.807) is 7.11 Å². The highest BCUT2D eigenvalue weighted by molar-refractivity contribution is 5.53. The molecule has 3 heteroatoms. The zero-order chi connectivity index (χ0) is 14.2. The topological polar surface area (TPSA) is 30.5 Å². The van der Waals surface area contributed by atoms with Gasteiger partial charge in [0, 0.05) is 24.1 Å². The number of nitrogens with one attached hydrogen (secondary N) is 1. The maximum absolute atomic E-state index is 5.88. The van der Waals surface area contributed by atoms with E-state index in [1.165, 1.54) is 22.3 Å². The standard InChI is InChI=1S/C18H19NO2/c1-20-16-7-3-5-14-13(16)8-10-19-17(14)15-6-2-4-12-9-11-21-18(12)15/h2-7,17,19H,8-11H2,1H3. The van der Waals surface area contributed by atoms with Crippen LogP contribution in [0.1, 0.15) is 28.3 Å². The van der Waals surface area contributed by atoms with Crippen LogP contribution in [0, 0.1) is 0 Å². The Kier molecular flexibility index (Phi) is 3.08. The van der Waals surface area contributed by atoms with Gasteiger partial charge in [-0.15, -0.1) is 0 Å². The minimum Gasteiger partial charge on any atom is -0.496 e. The molecule has 3 nitrogen and oxygen atoms in total. The van der Waals surface area contributed by atoms with Crippen LogP contribution in [0.4, 0.5) is 0 Å². The molecule has 0 saturated carbocycles. The predicted molar refractivity (Wildman–Crippen MR) is 82.2 cm³/mol. The first-order valence-corrected chi connectivity index (χ1v) is 7.52. The van der Waals surface area contributed by atoms with Crippen molar-refractivity contribution in [2.45, 2.75) is 18.9 Å². The zero-order valence-corrected chi connectivity index (χ0v) is 12.2. The van der Waals surface area contributed by atoms with Gasteiger partial charge in [0.25, 0.3) is 0 Å². The lowest BCUT2D eigenvalue weighted by atomic mass is 9.88. The van der Waals surface area contributed by atoms with Gasteiger partial charge >= 0.3 is 0 Å². The molecule has 1 unspecified atom stereocenters. The van der Waals surface area contributed by atoms with Crippen LogP contribution >= 0.6 is 0 Å². The molecule has 1 N–H and O–H groups in total. The van der Waals surface area contributed by atoms with Crippen LogP contribution in [0.2, 0.25) is 0 Å². The van der Waals surface area contributed by atoms with Gasteiger partial charge in [0.2, 0.25) is 0 Å². The number of ether oxygens (including phenoxy) is 2. The van der Waals surface area contributed by atoms with Crippen LogP contribution in [-0.4, -0.2) is 20.3 Å². The molecule has 0 radical (unpaired) electrons. The highest BCUT2D eigenvalue weighted by atomic mass is 16.5. The molecule has 0 amide bonds. The molecule has 2 aliphatic rings. The summed E-state index contributed by atoms with van der Waals surface area (Å²) in [6.45, 7) is 1.76. The molecule has 0 saturated heterocycles. The van der Waals surface area contributed by atoms with Gasteiger partial charge in [0.1, 0.15) is 11.5 Å². The summed E-state index contributed by atoms with van der Waals surface area (Å²) < 4.78 is 11.4. The number of hydrogen-bond acceptors (Lipinski definition) is 3. The van der Waals surface area contributed by atoms with Crippen LogP contribution in [-0.2, 0) is 12.8 Å². The number of benzene rings is 2. The third kappa shape index (κ3) is 2.00. The van der Waals surface area contributed by atoms with E-state index in [0.29, 0.717) is 0 Å². The van der Waals surface area contributed by atoms with Crippen molar-refractivity contribution in [3.8, 4) is 11.5 Å². The Morgan fingerprint density at radius 2 is 1.95 bits per heavy atom. The van der Waals surface area contributed by atoms with Gasteiger partial charge in [-0.1, -0.05) is 30.3 Å². The van der Waals surface area contributed by atoms with Crippen molar-refractivity contribution in [2.75, 3.05) is 20.3 Å². The number of fused-ring (bicyclic) bond motifs is 2. The quantitative estimate of drug-likeness (QED) is 0.918. The second kappa shape index (κ2) is 5.08. The van der Waals surface area contributed by atoms with Gasteiger partial charge in [-0.25, -0.2) is 0 Å². The van der Waals surface area contributed by atoms with Crippen LogP contribution in [0.5, 0.6) is 11.5 Å². The van der Waals surface area contributed by atoms with Gasteiger partial charge in [-0.2, -0.15) is 0 Å². The molecular formula is C18H19NO2. The molecular weight excluding hydrogens is 262 g/mol. The lowest BCUT2D eigenvalue weighted by Gasteiger charge is -2.29. The molecule has 4 rings (SSSR count). The average molecular weight is 281 g/mol. The van der Waals surface area contributed by atoms with E-state index in [-0.39, 0.29) is 6.04 Å².